The fourth-order valence-electron chi connectivity index (χ4n) is 3.76. The lowest BCUT2D eigenvalue weighted by Crippen LogP contribution is -2.34. The molecule has 0 fully saturated rings. The van der Waals surface area contributed by atoms with Gasteiger partial charge in [-0.3, -0.25) is 9.52 Å². The van der Waals surface area contributed by atoms with Gasteiger partial charge >= 0.3 is 0 Å². The van der Waals surface area contributed by atoms with Crippen LogP contribution in [0.3, 0.4) is 0 Å². The average molecular weight is 463 g/mol. The van der Waals surface area contributed by atoms with Crippen molar-refractivity contribution >= 4 is 27.2 Å². The van der Waals surface area contributed by atoms with Crippen LogP contribution in [-0.4, -0.2) is 38.9 Å². The number of nitrogens with one attached hydrogen (secondary N) is 1. The Hall–Kier alpha value is -3.58. The first-order valence-corrected chi connectivity index (χ1v) is 12.3. The van der Waals surface area contributed by atoms with E-state index in [1.54, 1.807) is 41.3 Å². The maximum Gasteiger partial charge on any atom is 0.261 e. The zero-order chi connectivity index (χ0) is 23.3. The van der Waals surface area contributed by atoms with Crippen LogP contribution in [0.4, 0.5) is 5.69 Å². The van der Waals surface area contributed by atoms with Crippen LogP contribution in [0.15, 0.2) is 89.8 Å². The lowest BCUT2D eigenvalue weighted by molar-refractivity contribution is 0.0773. The van der Waals surface area contributed by atoms with E-state index in [4.69, 9.17) is 4.74 Å². The van der Waals surface area contributed by atoms with Gasteiger partial charge in [-0.2, -0.15) is 0 Å². The quantitative estimate of drug-likeness (QED) is 0.546. The molecule has 1 amide bonds. The Morgan fingerprint density at radius 2 is 1.76 bits per heavy atom. The topological polar surface area (TPSA) is 75.7 Å². The SMILES string of the molecule is CCOc1ccc(S(=O)(=O)Nc2cccc(C(=O)N3CC=C(c4ccccc4)CC3)c2)cc1. The highest BCUT2D eigenvalue weighted by Crippen LogP contribution is 2.24. The monoisotopic (exact) mass is 462 g/mol. The molecule has 6 nitrogen and oxygen atoms in total. The lowest BCUT2D eigenvalue weighted by atomic mass is 9.99. The lowest BCUT2D eigenvalue weighted by Gasteiger charge is -2.27. The zero-order valence-corrected chi connectivity index (χ0v) is 19.2. The van der Waals surface area contributed by atoms with E-state index in [0.29, 0.717) is 36.7 Å². The van der Waals surface area contributed by atoms with E-state index in [1.807, 2.05) is 25.1 Å². The highest BCUT2D eigenvalue weighted by Gasteiger charge is 2.20. The summed E-state index contributed by atoms with van der Waals surface area (Å²) in [6.07, 6.45) is 2.86. The van der Waals surface area contributed by atoms with Crippen molar-refractivity contribution in [2.75, 3.05) is 24.4 Å². The van der Waals surface area contributed by atoms with Crippen LogP contribution < -0.4 is 9.46 Å². The average Bonchev–Trinajstić information content (AvgIpc) is 2.85. The summed E-state index contributed by atoms with van der Waals surface area (Å²) >= 11 is 0. The summed E-state index contributed by atoms with van der Waals surface area (Å²) in [5.41, 5.74) is 3.19. The molecular weight excluding hydrogens is 436 g/mol. The number of hydrogen-bond donors (Lipinski definition) is 1. The van der Waals surface area contributed by atoms with E-state index in [9.17, 15) is 13.2 Å². The summed E-state index contributed by atoms with van der Waals surface area (Å²) in [6.45, 7) is 3.50. The highest BCUT2D eigenvalue weighted by atomic mass is 32.2. The molecule has 3 aromatic carbocycles. The molecule has 0 saturated heterocycles. The van der Waals surface area contributed by atoms with Crippen molar-refractivity contribution in [2.45, 2.75) is 18.2 Å². The number of rotatable bonds is 7. The Bertz CT molecular complexity index is 1250. The van der Waals surface area contributed by atoms with Crippen molar-refractivity contribution in [1.29, 1.82) is 0 Å². The zero-order valence-electron chi connectivity index (χ0n) is 18.4. The number of hydrogen-bond acceptors (Lipinski definition) is 4. The van der Waals surface area contributed by atoms with Gasteiger partial charge in [-0.1, -0.05) is 42.5 Å². The Labute approximate surface area is 194 Å². The molecule has 0 aliphatic carbocycles. The number of carbonyl (C=O) groups excluding carboxylic acids is 1. The molecule has 0 saturated carbocycles. The van der Waals surface area contributed by atoms with Crippen LogP contribution >= 0.6 is 0 Å². The second kappa shape index (κ2) is 9.92. The first-order valence-electron chi connectivity index (χ1n) is 10.9. The van der Waals surface area contributed by atoms with Crippen molar-refractivity contribution in [1.82, 2.24) is 4.90 Å². The smallest absolute Gasteiger partial charge is 0.261 e. The summed E-state index contributed by atoms with van der Waals surface area (Å²) in [6, 6.07) is 23.0. The van der Waals surface area contributed by atoms with E-state index < -0.39 is 10.0 Å². The minimum Gasteiger partial charge on any atom is -0.494 e. The second-order valence-corrected chi connectivity index (χ2v) is 9.37. The maximum absolute atomic E-state index is 13.0. The van der Waals surface area contributed by atoms with Gasteiger partial charge in [0, 0.05) is 24.3 Å². The maximum atomic E-state index is 13.0. The van der Waals surface area contributed by atoms with Crippen LogP contribution in [0, 0.1) is 0 Å². The molecule has 1 aliphatic rings. The van der Waals surface area contributed by atoms with Crippen LogP contribution in [-0.2, 0) is 10.0 Å². The predicted octanol–water partition coefficient (Wildman–Crippen LogP) is 4.82. The summed E-state index contributed by atoms with van der Waals surface area (Å²) < 4.78 is 33.5. The van der Waals surface area contributed by atoms with Crippen LogP contribution in [0.25, 0.3) is 5.57 Å². The normalized spacial score (nSPS) is 13.8. The standard InChI is InChI=1S/C26H26N2O4S/c1-2-32-24-11-13-25(14-12-24)33(30,31)27-23-10-6-9-22(19-23)26(29)28-17-15-21(16-18-28)20-7-4-3-5-8-20/h3-15,19,27H,2,16-18H2,1H3. The Kier molecular flexibility index (Phi) is 6.79. The molecular formula is C26H26N2O4S. The molecule has 0 aromatic heterocycles. The van der Waals surface area contributed by atoms with Crippen molar-refractivity contribution < 1.29 is 17.9 Å². The third kappa shape index (κ3) is 5.43. The van der Waals surface area contributed by atoms with Gasteiger partial charge in [0.1, 0.15) is 5.75 Å². The number of carbonyl (C=O) groups is 1. The minimum absolute atomic E-state index is 0.122. The molecule has 1 aliphatic heterocycles. The molecule has 33 heavy (non-hydrogen) atoms. The molecule has 0 bridgehead atoms. The molecule has 7 heteroatoms. The number of amides is 1. The first-order chi connectivity index (χ1) is 16.0. The second-order valence-electron chi connectivity index (χ2n) is 7.69. The van der Waals surface area contributed by atoms with E-state index in [1.165, 1.54) is 23.3 Å². The van der Waals surface area contributed by atoms with E-state index >= 15 is 0 Å². The van der Waals surface area contributed by atoms with Gasteiger partial charge in [-0.05, 0) is 66.9 Å². The highest BCUT2D eigenvalue weighted by molar-refractivity contribution is 7.92. The summed E-state index contributed by atoms with van der Waals surface area (Å²) in [5, 5.41) is 0. The van der Waals surface area contributed by atoms with Crippen molar-refractivity contribution in [3.8, 4) is 5.75 Å². The summed E-state index contributed by atoms with van der Waals surface area (Å²) in [5.74, 6) is 0.482. The number of nitrogens with zero attached hydrogens (tertiary/aromatic N) is 1. The molecule has 1 heterocycles. The third-order valence-electron chi connectivity index (χ3n) is 5.45. The van der Waals surface area contributed by atoms with Crippen molar-refractivity contribution in [3.63, 3.8) is 0 Å². The number of anilines is 1. The third-order valence-corrected chi connectivity index (χ3v) is 6.84. The molecule has 0 unspecified atom stereocenters. The van der Waals surface area contributed by atoms with Gasteiger partial charge in [0.2, 0.25) is 0 Å². The molecule has 4 rings (SSSR count). The first kappa shape index (κ1) is 22.6. The van der Waals surface area contributed by atoms with Crippen LogP contribution in [0.1, 0.15) is 29.3 Å². The van der Waals surface area contributed by atoms with E-state index in [2.05, 4.69) is 22.9 Å². The molecule has 1 N–H and O–H groups in total. The number of benzene rings is 3. The van der Waals surface area contributed by atoms with Gasteiger partial charge < -0.3 is 9.64 Å². The fourth-order valence-corrected chi connectivity index (χ4v) is 4.81. The van der Waals surface area contributed by atoms with Crippen molar-refractivity contribution in [3.05, 3.63) is 96.1 Å². The van der Waals surface area contributed by atoms with Gasteiger partial charge in [0.25, 0.3) is 15.9 Å². The van der Waals surface area contributed by atoms with Gasteiger partial charge in [0.05, 0.1) is 11.5 Å². The Morgan fingerprint density at radius 3 is 2.42 bits per heavy atom. The fraction of sp³-hybridized carbons (Fsp3) is 0.192. The summed E-state index contributed by atoms with van der Waals surface area (Å²) in [7, 11) is -3.79. The molecule has 170 valence electrons. The van der Waals surface area contributed by atoms with E-state index in [-0.39, 0.29) is 10.8 Å². The van der Waals surface area contributed by atoms with Crippen LogP contribution in [0.2, 0.25) is 0 Å². The van der Waals surface area contributed by atoms with Gasteiger partial charge in [0.15, 0.2) is 0 Å². The molecule has 3 aromatic rings. The van der Waals surface area contributed by atoms with Crippen molar-refractivity contribution in [2.24, 2.45) is 0 Å². The summed E-state index contributed by atoms with van der Waals surface area (Å²) in [4.78, 5) is 14.9. The molecule has 0 atom stereocenters. The minimum atomic E-state index is -3.79. The Morgan fingerprint density at radius 1 is 1.00 bits per heavy atom. The number of sulfonamides is 1. The van der Waals surface area contributed by atoms with Gasteiger partial charge in [-0.25, -0.2) is 8.42 Å². The van der Waals surface area contributed by atoms with E-state index in [0.717, 1.165) is 6.42 Å². The van der Waals surface area contributed by atoms with Crippen LogP contribution in [0.5, 0.6) is 5.75 Å². The predicted molar refractivity (Wildman–Crippen MR) is 130 cm³/mol. The number of ether oxygens (including phenoxy) is 1. The Balaban J connectivity index is 1.45. The molecule has 0 spiro atoms. The largest absolute Gasteiger partial charge is 0.494 e. The molecule has 0 radical (unpaired) electrons. The van der Waals surface area contributed by atoms with Gasteiger partial charge in [-0.15, -0.1) is 0 Å².